The minimum absolute atomic E-state index is 0.00851. The van der Waals surface area contributed by atoms with Crippen LogP contribution in [0.1, 0.15) is 56.6 Å². The number of carbonyl (C=O) groups excluding carboxylic acids is 2. The van der Waals surface area contributed by atoms with Gasteiger partial charge in [-0.05, 0) is 48.6 Å². The van der Waals surface area contributed by atoms with E-state index in [-0.39, 0.29) is 35.0 Å². The minimum Gasteiger partial charge on any atom is -0.496 e. The van der Waals surface area contributed by atoms with Crippen molar-refractivity contribution in [3.05, 3.63) is 64.1 Å². The maximum atomic E-state index is 13.1. The Morgan fingerprint density at radius 3 is 2.37 bits per heavy atom. The van der Waals surface area contributed by atoms with E-state index in [0.29, 0.717) is 18.8 Å². The van der Waals surface area contributed by atoms with Crippen molar-refractivity contribution in [3.8, 4) is 28.1 Å². The molecule has 9 nitrogen and oxygen atoms in total. The van der Waals surface area contributed by atoms with Crippen LogP contribution in [0.4, 0.5) is 5.82 Å². The highest BCUT2D eigenvalue weighted by Gasteiger charge is 2.34. The molecule has 5 rings (SSSR count). The summed E-state index contributed by atoms with van der Waals surface area (Å²) in [7, 11) is 1.64. The van der Waals surface area contributed by atoms with Crippen molar-refractivity contribution in [1.82, 2.24) is 14.5 Å². The Balaban J connectivity index is 1.53. The molecule has 0 spiro atoms. The number of rotatable bonds is 5. The molecule has 0 N–H and O–H groups in total. The molecule has 1 aromatic carbocycles. The SMILES string of the molecule is CCOC(=O)c1cn2c(cc1=O)-c1cc(OC)c(-c3ccc(N4CCN(C(C)=O)CC4)nc3)cc1CC2C(C)(C)C. The number of hydrogen-bond donors (Lipinski definition) is 0. The fourth-order valence-electron chi connectivity index (χ4n) is 5.82. The molecule has 1 fully saturated rings. The van der Waals surface area contributed by atoms with Crippen molar-refractivity contribution >= 4 is 17.7 Å². The number of hydrogen-bond acceptors (Lipinski definition) is 7. The molecule has 0 bridgehead atoms. The largest absolute Gasteiger partial charge is 0.496 e. The molecule has 1 saturated heterocycles. The number of carbonyl (C=O) groups is 2. The van der Waals surface area contributed by atoms with Crippen LogP contribution in [0.2, 0.25) is 0 Å². The zero-order chi connectivity index (χ0) is 29.5. The number of nitrogens with zero attached hydrogens (tertiary/aromatic N) is 4. The number of aromatic nitrogens is 2. The monoisotopic (exact) mass is 558 g/mol. The second-order valence-corrected chi connectivity index (χ2v) is 11.8. The fraction of sp³-hybridized carbons (Fsp3) is 0.438. The quantitative estimate of drug-likeness (QED) is 0.424. The number of ether oxygens (including phenoxy) is 2. The molecule has 4 heterocycles. The summed E-state index contributed by atoms with van der Waals surface area (Å²) in [5.74, 6) is 1.06. The standard InChI is InChI=1S/C32H38N4O5/c1-7-41-31(39)25-19-36-26(17-27(25)38)23-16-28(40-6)24(14-22(23)15-29(36)32(3,4)5)21-8-9-30(33-18-21)35-12-10-34(11-13-35)20(2)37/h8-9,14,16-19,29H,7,10-13,15H2,1-6H3. The van der Waals surface area contributed by atoms with Crippen molar-refractivity contribution in [2.24, 2.45) is 5.41 Å². The Hall–Kier alpha value is -4.14. The average molecular weight is 559 g/mol. The number of fused-ring (bicyclic) bond motifs is 3. The van der Waals surface area contributed by atoms with E-state index in [9.17, 15) is 14.4 Å². The molecule has 9 heteroatoms. The zero-order valence-corrected chi connectivity index (χ0v) is 24.7. The van der Waals surface area contributed by atoms with Crippen LogP contribution in [0.15, 0.2) is 47.5 Å². The molecule has 216 valence electrons. The lowest BCUT2D eigenvalue weighted by molar-refractivity contribution is -0.129. The summed E-state index contributed by atoms with van der Waals surface area (Å²) in [6.07, 6.45) is 4.25. The van der Waals surface area contributed by atoms with Crippen molar-refractivity contribution in [2.75, 3.05) is 44.8 Å². The second kappa shape index (κ2) is 11.0. The smallest absolute Gasteiger partial charge is 0.343 e. The van der Waals surface area contributed by atoms with Gasteiger partial charge in [0.25, 0.3) is 0 Å². The fourth-order valence-corrected chi connectivity index (χ4v) is 5.82. The highest BCUT2D eigenvalue weighted by Crippen LogP contribution is 2.46. The predicted octanol–water partition coefficient (Wildman–Crippen LogP) is 4.57. The van der Waals surface area contributed by atoms with Gasteiger partial charge < -0.3 is 23.8 Å². The van der Waals surface area contributed by atoms with Gasteiger partial charge in [-0.15, -0.1) is 0 Å². The van der Waals surface area contributed by atoms with Gasteiger partial charge in [0, 0.05) is 74.3 Å². The number of pyridine rings is 2. The minimum atomic E-state index is -0.601. The first-order valence-corrected chi connectivity index (χ1v) is 14.1. The number of anilines is 1. The van der Waals surface area contributed by atoms with Gasteiger partial charge in [-0.3, -0.25) is 9.59 Å². The molecular formula is C32H38N4O5. The topological polar surface area (TPSA) is 94.0 Å². The zero-order valence-electron chi connectivity index (χ0n) is 24.7. The van der Waals surface area contributed by atoms with Crippen molar-refractivity contribution in [2.45, 2.75) is 47.1 Å². The summed E-state index contributed by atoms with van der Waals surface area (Å²) < 4.78 is 13.1. The summed E-state index contributed by atoms with van der Waals surface area (Å²) in [4.78, 5) is 46.1. The van der Waals surface area contributed by atoms with Gasteiger partial charge >= 0.3 is 5.97 Å². The molecule has 0 aliphatic carbocycles. The van der Waals surface area contributed by atoms with Gasteiger partial charge in [0.2, 0.25) is 5.91 Å². The molecule has 2 aliphatic rings. The molecule has 0 radical (unpaired) electrons. The van der Waals surface area contributed by atoms with Crippen molar-refractivity contribution < 1.29 is 19.1 Å². The van der Waals surface area contributed by atoms with Crippen LogP contribution in [-0.2, 0) is 16.0 Å². The number of methoxy groups -OCH3 is 1. The lowest BCUT2D eigenvalue weighted by Gasteiger charge is -2.39. The van der Waals surface area contributed by atoms with E-state index < -0.39 is 5.97 Å². The number of esters is 1. The molecule has 2 aliphatic heterocycles. The van der Waals surface area contributed by atoms with E-state index in [2.05, 4.69) is 42.4 Å². The van der Waals surface area contributed by atoms with Gasteiger partial charge in [-0.25, -0.2) is 9.78 Å². The Labute approximate surface area is 240 Å². The summed E-state index contributed by atoms with van der Waals surface area (Å²) >= 11 is 0. The average Bonchev–Trinajstić information content (AvgIpc) is 2.95. The van der Waals surface area contributed by atoms with Crippen LogP contribution >= 0.6 is 0 Å². The number of piperazine rings is 1. The third-order valence-electron chi connectivity index (χ3n) is 8.13. The Kier molecular flexibility index (Phi) is 7.64. The summed E-state index contributed by atoms with van der Waals surface area (Å²) in [6, 6.07) is 9.74. The van der Waals surface area contributed by atoms with Crippen LogP contribution in [0.5, 0.6) is 5.75 Å². The molecule has 2 aromatic heterocycles. The first-order valence-electron chi connectivity index (χ1n) is 14.1. The molecule has 3 aromatic rings. The van der Waals surface area contributed by atoms with E-state index in [0.717, 1.165) is 53.3 Å². The molecule has 0 saturated carbocycles. The predicted molar refractivity (Wildman–Crippen MR) is 159 cm³/mol. The lowest BCUT2D eigenvalue weighted by Crippen LogP contribution is -2.48. The second-order valence-electron chi connectivity index (χ2n) is 11.8. The van der Waals surface area contributed by atoms with Crippen molar-refractivity contribution in [3.63, 3.8) is 0 Å². The van der Waals surface area contributed by atoms with E-state index in [4.69, 9.17) is 14.5 Å². The maximum Gasteiger partial charge on any atom is 0.343 e. The van der Waals surface area contributed by atoms with Crippen LogP contribution in [0, 0.1) is 5.41 Å². The van der Waals surface area contributed by atoms with Crippen LogP contribution < -0.4 is 15.1 Å². The normalized spacial score (nSPS) is 16.6. The van der Waals surface area contributed by atoms with Gasteiger partial charge in [0.05, 0.1) is 19.4 Å². The van der Waals surface area contributed by atoms with Gasteiger partial charge in [0.15, 0.2) is 5.43 Å². The van der Waals surface area contributed by atoms with Gasteiger partial charge in [-0.1, -0.05) is 20.8 Å². The third-order valence-corrected chi connectivity index (χ3v) is 8.13. The molecule has 1 atom stereocenters. The first kappa shape index (κ1) is 28.4. The number of benzene rings is 1. The molecule has 1 amide bonds. The van der Waals surface area contributed by atoms with Crippen LogP contribution in [-0.4, -0.2) is 66.2 Å². The van der Waals surface area contributed by atoms with E-state index in [1.165, 1.54) is 0 Å². The summed E-state index contributed by atoms with van der Waals surface area (Å²) in [6.45, 7) is 12.9. The maximum absolute atomic E-state index is 13.1. The summed E-state index contributed by atoms with van der Waals surface area (Å²) in [5, 5.41) is 0. The Morgan fingerprint density at radius 2 is 1.78 bits per heavy atom. The molecular weight excluding hydrogens is 520 g/mol. The summed E-state index contributed by atoms with van der Waals surface area (Å²) in [5.41, 5.74) is 4.17. The highest BCUT2D eigenvalue weighted by atomic mass is 16.5. The molecule has 1 unspecified atom stereocenters. The van der Waals surface area contributed by atoms with Crippen LogP contribution in [0.25, 0.3) is 22.4 Å². The highest BCUT2D eigenvalue weighted by molar-refractivity contribution is 5.90. The Morgan fingerprint density at radius 1 is 1.05 bits per heavy atom. The van der Waals surface area contributed by atoms with E-state index in [1.54, 1.807) is 33.2 Å². The van der Waals surface area contributed by atoms with E-state index >= 15 is 0 Å². The lowest BCUT2D eigenvalue weighted by atomic mass is 9.78. The third kappa shape index (κ3) is 5.45. The molecule has 41 heavy (non-hydrogen) atoms. The van der Waals surface area contributed by atoms with Crippen molar-refractivity contribution in [1.29, 1.82) is 0 Å². The first-order chi connectivity index (χ1) is 19.5. The Bertz CT molecular complexity index is 1530. The van der Waals surface area contributed by atoms with Gasteiger partial charge in [0.1, 0.15) is 17.1 Å². The van der Waals surface area contributed by atoms with Gasteiger partial charge in [-0.2, -0.15) is 0 Å². The number of amides is 1. The van der Waals surface area contributed by atoms with E-state index in [1.807, 2.05) is 23.2 Å². The van der Waals surface area contributed by atoms with Crippen LogP contribution in [0.3, 0.4) is 0 Å².